The van der Waals surface area contributed by atoms with E-state index in [1.165, 1.54) is 114 Å². The van der Waals surface area contributed by atoms with Crippen molar-refractivity contribution < 1.29 is 52.7 Å². The lowest BCUT2D eigenvalue weighted by Gasteiger charge is -2.20. The van der Waals surface area contributed by atoms with E-state index < -0.39 is 47.5 Å². The largest absolute Gasteiger partial charge is 0.370 e. The van der Waals surface area contributed by atoms with E-state index in [-0.39, 0.29) is 72.4 Å². The Morgan fingerprint density at radius 2 is 0.714 bits per heavy atom. The molecule has 0 aliphatic heterocycles. The molecule has 0 heterocycles. The number of benzene rings is 5. The van der Waals surface area contributed by atoms with Crippen molar-refractivity contribution in [1.29, 1.82) is 21.6 Å². The summed E-state index contributed by atoms with van der Waals surface area (Å²) < 4.78 is 1.59. The number of primary amides is 5. The quantitative estimate of drug-likeness (QED) is 0.0175. The molecule has 5 aromatic rings. The van der Waals surface area contributed by atoms with Crippen LogP contribution in [0, 0.1) is 21.6 Å². The molecule has 26 nitrogen and oxygen atoms in total. The first-order valence-corrected chi connectivity index (χ1v) is 37.7. The molecular weight excluding hydrogens is 1450 g/mol. The van der Waals surface area contributed by atoms with Crippen molar-refractivity contribution in [1.82, 2.24) is 31.9 Å². The first-order chi connectivity index (χ1) is 46.1. The second-order valence-corrected chi connectivity index (χ2v) is 30.0. The molecule has 36 heteroatoms. The summed E-state index contributed by atoms with van der Waals surface area (Å²) in [6.45, 7) is 8.80. The first-order valence-electron chi connectivity index (χ1n) is 28.3. The van der Waals surface area contributed by atoms with Crippen LogP contribution >= 0.6 is 117 Å². The van der Waals surface area contributed by atoms with Crippen LogP contribution in [0.15, 0.2) is 140 Å². The lowest BCUT2D eigenvalue weighted by atomic mass is 10.1. The number of nitrogens with two attached hydrogens (primary N) is 5. The van der Waals surface area contributed by atoms with Crippen molar-refractivity contribution in [3.8, 4) is 0 Å². The molecule has 0 unspecified atom stereocenters. The fraction of sp³-hybridized carbons (Fsp3) is 0.274. The van der Waals surface area contributed by atoms with Gasteiger partial charge in [0.1, 0.15) is 29.6 Å². The van der Waals surface area contributed by atoms with Crippen LogP contribution < -0.4 is 60.6 Å². The Kier molecular flexibility index (Phi) is 42.8. The highest BCUT2D eigenvalue weighted by atomic mass is 35.5. The summed E-state index contributed by atoms with van der Waals surface area (Å²) in [5, 5.41) is 46.1. The number of hydrogen-bond donors (Lipinski definition) is 15. The maximum Gasteiger partial charge on any atom is 0.284 e. The van der Waals surface area contributed by atoms with Gasteiger partial charge in [-0.1, -0.05) is 107 Å². The molecule has 20 N–H and O–H groups in total. The van der Waals surface area contributed by atoms with Crippen molar-refractivity contribution in [2.45, 2.75) is 89.6 Å². The molecule has 0 aromatic heterocycles. The van der Waals surface area contributed by atoms with E-state index in [0.717, 1.165) is 16.7 Å². The summed E-state index contributed by atoms with van der Waals surface area (Å²) in [7, 11) is 0. The molecule has 11 amide bonds. The first kappa shape index (κ1) is 88.4. The Balaban J connectivity index is 0.000000614. The Hall–Kier alpha value is -7.61. The molecule has 0 fully saturated rings. The topological polar surface area (TPSA) is 485 Å². The highest BCUT2D eigenvalue weighted by Gasteiger charge is 2.22. The standard InChI is InChI=1S/C15H20ClN3O3S.3C12H15N3O2S2.C11H13N3O2S2/c1-15(2,3)19-14(22)23-11-5-4-9(16)8-10(11)13(21)18-7-6-12(17)20;2*1-7(10(13)16)15-11(17)8-5-3-4-6-9(8)19-12(14)18-2;1-18-12(14)19-9-5-3-2-4-8(9)11(17)15-7-6-10(13)16;1-17-11(13)18-8-5-3-2-4-7(8)10(16)14-6-9(12)15/h4-5,8H,6-7H2,1-3H3,(H2,17,20)(H,18,21)(H,19,22);2*3-7,14H,1-2H3,(H2,13,16)(H,15,17);2-5,14H,6-7H2,1H3,(H2,13,16)(H,15,17);2-5,13H,6H2,1H3,(H2,12,15)(H,14,16)/t;2*7-;;/m.10../s1. The molecular formula is C62H78ClN15O11S9. The third-order valence-corrected chi connectivity index (χ3v) is 19.9. The fourth-order valence-electron chi connectivity index (χ4n) is 6.48. The summed E-state index contributed by atoms with van der Waals surface area (Å²) in [6, 6.07) is 31.1. The summed E-state index contributed by atoms with van der Waals surface area (Å²) >= 11 is 16.9. The number of hydrogen-bond acceptors (Lipinski definition) is 24. The number of carbonyl (C=O) groups excluding carboxylic acids is 11. The molecule has 5 aromatic carbocycles. The van der Waals surface area contributed by atoms with E-state index in [1.54, 1.807) is 122 Å². The van der Waals surface area contributed by atoms with Gasteiger partial charge in [0.2, 0.25) is 29.5 Å². The van der Waals surface area contributed by atoms with E-state index in [2.05, 4.69) is 31.9 Å². The molecule has 5 rings (SSSR count). The fourth-order valence-corrected chi connectivity index (χ4v) is 12.5. The average molecular weight is 1530 g/mol. The van der Waals surface area contributed by atoms with Gasteiger partial charge in [-0.15, -0.1) is 47.0 Å². The lowest BCUT2D eigenvalue weighted by molar-refractivity contribution is -0.120. The zero-order chi connectivity index (χ0) is 74.2. The number of carbonyl (C=O) groups is 11. The second kappa shape index (κ2) is 47.4. The second-order valence-electron chi connectivity index (χ2n) is 20.1. The smallest absolute Gasteiger partial charge is 0.284 e. The summed E-state index contributed by atoms with van der Waals surface area (Å²) in [6.07, 6.45) is 7.36. The summed E-state index contributed by atoms with van der Waals surface area (Å²) in [4.78, 5) is 129. The molecule has 0 radical (unpaired) electrons. The average Bonchev–Trinajstić information content (AvgIpc) is 0.880. The van der Waals surface area contributed by atoms with Crippen LogP contribution in [0.3, 0.4) is 0 Å². The molecule has 0 aliphatic rings. The van der Waals surface area contributed by atoms with Gasteiger partial charge in [-0.3, -0.25) is 74.4 Å². The number of amides is 11. The Morgan fingerprint density at radius 1 is 0.418 bits per heavy atom. The normalized spacial score (nSPS) is 10.8. The van der Waals surface area contributed by atoms with Crippen LogP contribution in [0.1, 0.15) is 99.3 Å². The number of thioether (sulfide) groups is 9. The van der Waals surface area contributed by atoms with Gasteiger partial charge in [0.25, 0.3) is 34.8 Å². The van der Waals surface area contributed by atoms with Crippen LogP contribution in [0.4, 0.5) is 4.79 Å². The highest BCUT2D eigenvalue weighted by molar-refractivity contribution is 8.39. The monoisotopic (exact) mass is 1530 g/mol. The van der Waals surface area contributed by atoms with Crippen molar-refractivity contribution >= 4 is 199 Å². The van der Waals surface area contributed by atoms with Crippen molar-refractivity contribution in [2.75, 3.05) is 44.7 Å². The van der Waals surface area contributed by atoms with Crippen LogP contribution in [-0.2, 0) is 24.0 Å². The van der Waals surface area contributed by atoms with E-state index in [9.17, 15) is 52.7 Å². The van der Waals surface area contributed by atoms with Gasteiger partial charge >= 0.3 is 0 Å². The van der Waals surface area contributed by atoms with Crippen LogP contribution in [0.25, 0.3) is 0 Å². The third-order valence-electron chi connectivity index (χ3n) is 11.2. The lowest BCUT2D eigenvalue weighted by Crippen LogP contribution is -2.42. The predicted molar refractivity (Wildman–Crippen MR) is 406 cm³/mol. The van der Waals surface area contributed by atoms with E-state index >= 15 is 0 Å². The van der Waals surface area contributed by atoms with Gasteiger partial charge < -0.3 is 60.6 Å². The minimum absolute atomic E-state index is 0.0410. The minimum atomic E-state index is -0.731. The van der Waals surface area contributed by atoms with Crippen LogP contribution in [-0.4, -0.2) is 144 Å². The SMILES string of the molecule is CC(C)(C)NC(=O)Sc1ccc(Cl)cc1C(=O)NCCC(N)=O.CSC(=N)Sc1ccccc1C(=O)NCC(N)=O.CSC(=N)Sc1ccccc1C(=O)NCCC(N)=O.CSC(=N)Sc1ccccc1C(=O)N[C@@H](C)C(N)=O.CSC(=N)Sc1ccccc1C(=O)N[C@H](C)C(N)=O. The summed E-state index contributed by atoms with van der Waals surface area (Å²) in [5.74, 6) is -4.52. The van der Waals surface area contributed by atoms with Gasteiger partial charge in [-0.25, -0.2) is 0 Å². The van der Waals surface area contributed by atoms with Crippen LogP contribution in [0.2, 0.25) is 5.02 Å². The maximum atomic E-state index is 12.2. The van der Waals surface area contributed by atoms with E-state index in [4.69, 9.17) is 61.9 Å². The van der Waals surface area contributed by atoms with Gasteiger partial charge in [0, 0.05) is 61.0 Å². The third kappa shape index (κ3) is 36.8. The molecule has 0 spiro atoms. The minimum Gasteiger partial charge on any atom is -0.370 e. The molecule has 528 valence electrons. The van der Waals surface area contributed by atoms with Crippen molar-refractivity contribution in [3.05, 3.63) is 148 Å². The number of nitrogens with one attached hydrogen (secondary N) is 10. The number of halogens is 1. The predicted octanol–water partition coefficient (Wildman–Crippen LogP) is 8.88. The Bertz CT molecular complexity index is 3590. The zero-order valence-electron chi connectivity index (χ0n) is 54.6. The number of rotatable bonds is 22. The molecule has 0 aliphatic carbocycles. The van der Waals surface area contributed by atoms with Gasteiger partial charge in [-0.05, 0) is 138 Å². The molecule has 0 saturated carbocycles. The van der Waals surface area contributed by atoms with Gasteiger partial charge in [-0.2, -0.15) is 0 Å². The molecule has 2 atom stereocenters. The Morgan fingerprint density at radius 3 is 1.01 bits per heavy atom. The maximum absolute atomic E-state index is 12.2. The molecule has 98 heavy (non-hydrogen) atoms. The van der Waals surface area contributed by atoms with E-state index in [1.807, 2.05) is 33.1 Å². The van der Waals surface area contributed by atoms with E-state index in [0.29, 0.717) is 64.4 Å². The van der Waals surface area contributed by atoms with Gasteiger partial charge in [0.05, 0.1) is 34.4 Å². The summed E-state index contributed by atoms with van der Waals surface area (Å²) in [5.41, 5.74) is 26.9. The van der Waals surface area contributed by atoms with Crippen LogP contribution in [0.5, 0.6) is 0 Å². The van der Waals surface area contributed by atoms with Crippen molar-refractivity contribution in [2.24, 2.45) is 28.7 Å². The molecule has 0 saturated heterocycles. The molecule has 0 bridgehead atoms. The Labute approximate surface area is 611 Å². The highest BCUT2D eigenvalue weighted by Crippen LogP contribution is 2.31. The van der Waals surface area contributed by atoms with Gasteiger partial charge in [0.15, 0.2) is 0 Å². The zero-order valence-corrected chi connectivity index (χ0v) is 62.7. The van der Waals surface area contributed by atoms with Crippen molar-refractivity contribution in [3.63, 3.8) is 0 Å².